The van der Waals surface area contributed by atoms with Crippen LogP contribution in [0.25, 0.3) is 0 Å². The topological polar surface area (TPSA) is 74.6 Å². The van der Waals surface area contributed by atoms with Crippen molar-refractivity contribution < 1.29 is 19.8 Å². The van der Waals surface area contributed by atoms with E-state index in [0.29, 0.717) is 0 Å². The van der Waals surface area contributed by atoms with E-state index < -0.39 is 23.8 Å². The summed E-state index contributed by atoms with van der Waals surface area (Å²) in [4.78, 5) is 21.3. The Balaban J connectivity index is 4.61. The number of carboxylic acids is 2. The van der Waals surface area contributed by atoms with E-state index in [1.165, 1.54) is 13.0 Å². The van der Waals surface area contributed by atoms with Gasteiger partial charge in [-0.1, -0.05) is 32.9 Å². The average Bonchev–Trinajstić information content (AvgIpc) is 2.02. The van der Waals surface area contributed by atoms with Gasteiger partial charge in [-0.3, -0.25) is 9.59 Å². The van der Waals surface area contributed by atoms with E-state index in [-0.39, 0.29) is 5.92 Å². The molecule has 0 aliphatic heterocycles. The van der Waals surface area contributed by atoms with Crippen molar-refractivity contribution in [3.8, 4) is 0 Å². The van der Waals surface area contributed by atoms with E-state index in [9.17, 15) is 9.59 Å². The third kappa shape index (κ3) is 4.07. The zero-order valence-corrected chi connectivity index (χ0v) is 8.60. The Bertz CT molecular complexity index is 243. The molecule has 0 aromatic rings. The third-order valence-electron chi connectivity index (χ3n) is 1.92. The van der Waals surface area contributed by atoms with Gasteiger partial charge in [-0.25, -0.2) is 0 Å². The van der Waals surface area contributed by atoms with Crippen LogP contribution in [0.15, 0.2) is 12.2 Å². The van der Waals surface area contributed by atoms with Crippen molar-refractivity contribution >= 4 is 11.9 Å². The van der Waals surface area contributed by atoms with Gasteiger partial charge in [0.15, 0.2) is 0 Å². The fraction of sp³-hybridized carbons (Fsp3) is 0.600. The van der Waals surface area contributed by atoms with Gasteiger partial charge < -0.3 is 10.2 Å². The number of carboxylic acid groups (broad SMARTS) is 2. The van der Waals surface area contributed by atoms with E-state index in [2.05, 4.69) is 0 Å². The minimum Gasteiger partial charge on any atom is -0.481 e. The zero-order chi connectivity index (χ0) is 11.3. The molecular weight excluding hydrogens is 184 g/mol. The van der Waals surface area contributed by atoms with Crippen molar-refractivity contribution in [3.05, 3.63) is 12.2 Å². The van der Waals surface area contributed by atoms with E-state index in [0.717, 1.165) is 0 Å². The van der Waals surface area contributed by atoms with Crippen LogP contribution in [0.4, 0.5) is 0 Å². The molecule has 0 aliphatic carbocycles. The predicted octanol–water partition coefficient (Wildman–Crippen LogP) is 1.62. The summed E-state index contributed by atoms with van der Waals surface area (Å²) in [5.41, 5.74) is 0. The van der Waals surface area contributed by atoms with Gasteiger partial charge in [0.25, 0.3) is 0 Å². The first-order valence-corrected chi connectivity index (χ1v) is 4.50. The van der Waals surface area contributed by atoms with Crippen LogP contribution in [0.3, 0.4) is 0 Å². The van der Waals surface area contributed by atoms with Crippen LogP contribution in [-0.2, 0) is 9.59 Å². The molecule has 14 heavy (non-hydrogen) atoms. The van der Waals surface area contributed by atoms with Crippen molar-refractivity contribution in [1.29, 1.82) is 0 Å². The molecule has 0 radical (unpaired) electrons. The maximum Gasteiger partial charge on any atom is 0.311 e. The Hall–Kier alpha value is -1.32. The summed E-state index contributed by atoms with van der Waals surface area (Å²) in [7, 11) is 0. The molecule has 4 nitrogen and oxygen atoms in total. The molecule has 0 heterocycles. The molecule has 0 rings (SSSR count). The van der Waals surface area contributed by atoms with E-state index >= 15 is 0 Å². The molecule has 2 unspecified atom stereocenters. The second-order valence-corrected chi connectivity index (χ2v) is 3.62. The van der Waals surface area contributed by atoms with E-state index in [1.54, 1.807) is 6.08 Å². The summed E-state index contributed by atoms with van der Waals surface area (Å²) in [5.74, 6) is -3.82. The molecule has 0 aromatic heterocycles. The normalized spacial score (nSPS) is 15.7. The summed E-state index contributed by atoms with van der Waals surface area (Å²) in [5, 5.41) is 17.5. The lowest BCUT2D eigenvalue weighted by atomic mass is 9.93. The second-order valence-electron chi connectivity index (χ2n) is 3.62. The van der Waals surface area contributed by atoms with Gasteiger partial charge in [0.05, 0.1) is 11.8 Å². The largest absolute Gasteiger partial charge is 0.481 e. The zero-order valence-electron chi connectivity index (χ0n) is 8.60. The second kappa shape index (κ2) is 5.42. The first kappa shape index (κ1) is 12.7. The van der Waals surface area contributed by atoms with Crippen molar-refractivity contribution in [2.24, 2.45) is 17.8 Å². The minimum absolute atomic E-state index is 0.220. The molecule has 0 spiro atoms. The summed E-state index contributed by atoms with van der Waals surface area (Å²) in [6.45, 7) is 5.20. The van der Waals surface area contributed by atoms with Crippen LogP contribution in [0.1, 0.15) is 20.8 Å². The monoisotopic (exact) mass is 200 g/mol. The molecular formula is C10H16O4. The van der Waals surface area contributed by atoms with Gasteiger partial charge in [-0.15, -0.1) is 0 Å². The predicted molar refractivity (Wildman–Crippen MR) is 51.9 cm³/mol. The summed E-state index contributed by atoms with van der Waals surface area (Å²) in [6.07, 6.45) is 3.16. The van der Waals surface area contributed by atoms with Crippen LogP contribution in [0.2, 0.25) is 0 Å². The number of aliphatic carboxylic acids is 2. The molecule has 0 fully saturated rings. The molecule has 4 heteroatoms. The molecule has 0 aromatic carbocycles. The number of hydrogen-bond donors (Lipinski definition) is 2. The lowest BCUT2D eigenvalue weighted by molar-refractivity contribution is -0.151. The fourth-order valence-electron chi connectivity index (χ4n) is 0.958. The summed E-state index contributed by atoms with van der Waals surface area (Å²) >= 11 is 0. The van der Waals surface area contributed by atoms with Gasteiger partial charge in [-0.2, -0.15) is 0 Å². The summed E-state index contributed by atoms with van der Waals surface area (Å²) < 4.78 is 0. The Morgan fingerprint density at radius 3 is 1.79 bits per heavy atom. The number of hydrogen-bond acceptors (Lipinski definition) is 2. The molecule has 0 aliphatic rings. The van der Waals surface area contributed by atoms with Crippen LogP contribution >= 0.6 is 0 Å². The van der Waals surface area contributed by atoms with Gasteiger partial charge in [-0.05, 0) is 5.92 Å². The maximum atomic E-state index is 10.7. The fourth-order valence-corrected chi connectivity index (χ4v) is 0.958. The lowest BCUT2D eigenvalue weighted by Crippen LogP contribution is -2.26. The Morgan fingerprint density at radius 2 is 1.50 bits per heavy atom. The SMILES string of the molecule is CC(C)/C=C/C(C(=O)O)C(C)C(=O)O. The average molecular weight is 200 g/mol. The number of allylic oxidation sites excluding steroid dienone is 1. The van der Waals surface area contributed by atoms with Crippen LogP contribution in [0.5, 0.6) is 0 Å². The molecule has 0 saturated carbocycles. The van der Waals surface area contributed by atoms with Crippen LogP contribution in [-0.4, -0.2) is 22.2 Å². The Labute approximate surface area is 83.2 Å². The standard InChI is InChI=1S/C10H16O4/c1-6(2)4-5-8(10(13)14)7(3)9(11)12/h4-8H,1-3H3,(H,11,12)(H,13,14)/b5-4+. The van der Waals surface area contributed by atoms with Gasteiger partial charge in [0.2, 0.25) is 0 Å². The molecule has 2 atom stereocenters. The van der Waals surface area contributed by atoms with Crippen LogP contribution in [0, 0.1) is 17.8 Å². The van der Waals surface area contributed by atoms with Crippen molar-refractivity contribution in [1.82, 2.24) is 0 Å². The van der Waals surface area contributed by atoms with Crippen molar-refractivity contribution in [3.63, 3.8) is 0 Å². The highest BCUT2D eigenvalue weighted by Crippen LogP contribution is 2.15. The molecule has 0 saturated heterocycles. The minimum atomic E-state index is -1.10. The van der Waals surface area contributed by atoms with Gasteiger partial charge in [0, 0.05) is 0 Å². The van der Waals surface area contributed by atoms with Crippen molar-refractivity contribution in [2.45, 2.75) is 20.8 Å². The number of rotatable bonds is 5. The first-order chi connectivity index (χ1) is 6.36. The molecule has 0 amide bonds. The van der Waals surface area contributed by atoms with Gasteiger partial charge in [0.1, 0.15) is 0 Å². The third-order valence-corrected chi connectivity index (χ3v) is 1.92. The maximum absolute atomic E-state index is 10.7. The van der Waals surface area contributed by atoms with E-state index in [4.69, 9.17) is 10.2 Å². The highest BCUT2D eigenvalue weighted by atomic mass is 16.4. The lowest BCUT2D eigenvalue weighted by Gasteiger charge is -2.12. The Kier molecular flexibility index (Phi) is 4.91. The molecule has 0 bridgehead atoms. The van der Waals surface area contributed by atoms with Gasteiger partial charge >= 0.3 is 11.9 Å². The first-order valence-electron chi connectivity index (χ1n) is 4.50. The molecule has 2 N–H and O–H groups in total. The van der Waals surface area contributed by atoms with Crippen LogP contribution < -0.4 is 0 Å². The Morgan fingerprint density at radius 1 is 1.00 bits per heavy atom. The summed E-state index contributed by atoms with van der Waals surface area (Å²) in [6, 6.07) is 0. The smallest absolute Gasteiger partial charge is 0.311 e. The highest BCUT2D eigenvalue weighted by Gasteiger charge is 2.27. The molecule has 80 valence electrons. The quantitative estimate of drug-likeness (QED) is 0.661. The number of carbonyl (C=O) groups is 2. The van der Waals surface area contributed by atoms with Crippen molar-refractivity contribution in [2.75, 3.05) is 0 Å². The highest BCUT2D eigenvalue weighted by molar-refractivity contribution is 5.81. The van der Waals surface area contributed by atoms with E-state index in [1.807, 2.05) is 13.8 Å².